The number of fused-ring (bicyclic) bond motifs is 1. The van der Waals surface area contributed by atoms with Crippen molar-refractivity contribution in [2.24, 2.45) is 0 Å². The molecule has 0 amide bonds. The second-order valence-electron chi connectivity index (χ2n) is 4.39. The van der Waals surface area contributed by atoms with Crippen molar-refractivity contribution in [1.29, 1.82) is 0 Å². The minimum absolute atomic E-state index is 0.389. The zero-order chi connectivity index (χ0) is 10.7. The summed E-state index contributed by atoms with van der Waals surface area (Å²) in [6.07, 6.45) is 3.85. The van der Waals surface area contributed by atoms with Gasteiger partial charge in [-0.05, 0) is 42.9 Å². The maximum Gasteiger partial charge on any atom is 0.0374 e. The number of alkyl halides is 1. The van der Waals surface area contributed by atoms with Gasteiger partial charge in [0.25, 0.3) is 0 Å². The summed E-state index contributed by atoms with van der Waals surface area (Å²) < 4.78 is 0. The second-order valence-corrected chi connectivity index (χ2v) is 4.70. The number of nitrogens with one attached hydrogen (secondary N) is 1. The third-order valence-corrected chi connectivity index (χ3v) is 3.51. The highest BCUT2D eigenvalue weighted by atomic mass is 35.5. The maximum absolute atomic E-state index is 5.75. The van der Waals surface area contributed by atoms with Crippen LogP contribution in [0.1, 0.15) is 30.0 Å². The van der Waals surface area contributed by atoms with E-state index in [0.29, 0.717) is 11.9 Å². The van der Waals surface area contributed by atoms with E-state index in [4.69, 9.17) is 11.6 Å². The van der Waals surface area contributed by atoms with Gasteiger partial charge in [0.15, 0.2) is 0 Å². The molecule has 0 heterocycles. The molecule has 1 nitrogen and oxygen atoms in total. The minimum atomic E-state index is 0.389. The molecule has 1 unspecified atom stereocenters. The Bertz CT molecular complexity index is 335. The Balaban J connectivity index is 1.98. The van der Waals surface area contributed by atoms with Gasteiger partial charge in [-0.15, -0.1) is 11.6 Å². The molecule has 1 aromatic carbocycles. The van der Waals surface area contributed by atoms with Gasteiger partial charge in [-0.3, -0.25) is 0 Å². The van der Waals surface area contributed by atoms with Gasteiger partial charge in [0.2, 0.25) is 0 Å². The lowest BCUT2D eigenvalue weighted by Crippen LogP contribution is -2.26. The van der Waals surface area contributed by atoms with Crippen LogP contribution in [0.2, 0.25) is 0 Å². The summed E-state index contributed by atoms with van der Waals surface area (Å²) in [4.78, 5) is 0. The second kappa shape index (κ2) is 5.00. The van der Waals surface area contributed by atoms with Crippen LogP contribution in [0.4, 0.5) is 0 Å². The average Bonchev–Trinajstić information content (AvgIpc) is 2.72. The first kappa shape index (κ1) is 11.0. The van der Waals surface area contributed by atoms with Gasteiger partial charge in [-0.25, -0.2) is 0 Å². The monoisotopic (exact) mass is 223 g/mol. The molecule has 0 radical (unpaired) electrons. The van der Waals surface area contributed by atoms with Crippen molar-refractivity contribution in [3.05, 3.63) is 34.9 Å². The molecule has 0 bridgehead atoms. The molecule has 2 rings (SSSR count). The molecule has 1 N–H and O–H groups in total. The Labute approximate surface area is 96.8 Å². The van der Waals surface area contributed by atoms with E-state index in [2.05, 4.69) is 30.4 Å². The first-order chi connectivity index (χ1) is 7.29. The van der Waals surface area contributed by atoms with E-state index in [9.17, 15) is 0 Å². The summed E-state index contributed by atoms with van der Waals surface area (Å²) in [6.45, 7) is 3.04. The SMILES string of the molecule is CC(CCl)NCc1ccc2c(c1)CCC2. The minimum Gasteiger partial charge on any atom is -0.309 e. The van der Waals surface area contributed by atoms with Crippen molar-refractivity contribution >= 4 is 11.6 Å². The van der Waals surface area contributed by atoms with Crippen LogP contribution in [-0.4, -0.2) is 11.9 Å². The Morgan fingerprint density at radius 2 is 2.13 bits per heavy atom. The average molecular weight is 224 g/mol. The standard InChI is InChI=1S/C13H18ClN/c1-10(8-14)15-9-11-5-6-12-3-2-4-13(12)7-11/h5-7,10,15H,2-4,8-9H2,1H3. The van der Waals surface area contributed by atoms with Gasteiger partial charge in [0.05, 0.1) is 0 Å². The first-order valence-corrected chi connectivity index (χ1v) is 6.23. The van der Waals surface area contributed by atoms with Crippen LogP contribution in [0.5, 0.6) is 0 Å². The molecule has 0 saturated carbocycles. The summed E-state index contributed by atoms with van der Waals surface area (Å²) in [5.74, 6) is 0.672. The third-order valence-electron chi connectivity index (χ3n) is 3.05. The fourth-order valence-corrected chi connectivity index (χ4v) is 2.19. The molecule has 0 spiro atoms. The molecule has 1 aromatic rings. The van der Waals surface area contributed by atoms with Crippen molar-refractivity contribution in [3.8, 4) is 0 Å². The van der Waals surface area contributed by atoms with Crippen molar-refractivity contribution in [1.82, 2.24) is 5.32 Å². The van der Waals surface area contributed by atoms with Gasteiger partial charge in [-0.1, -0.05) is 18.2 Å². The molecule has 1 atom stereocenters. The molecular formula is C13H18ClN. The number of hydrogen-bond acceptors (Lipinski definition) is 1. The number of rotatable bonds is 4. The maximum atomic E-state index is 5.75. The Morgan fingerprint density at radius 3 is 2.93 bits per heavy atom. The van der Waals surface area contributed by atoms with Gasteiger partial charge in [0.1, 0.15) is 0 Å². The Kier molecular flexibility index (Phi) is 3.66. The molecule has 0 fully saturated rings. The van der Waals surface area contributed by atoms with Crippen LogP contribution >= 0.6 is 11.6 Å². The van der Waals surface area contributed by atoms with Crippen molar-refractivity contribution < 1.29 is 0 Å². The lowest BCUT2D eigenvalue weighted by molar-refractivity contribution is 0.593. The summed E-state index contributed by atoms with van der Waals surface area (Å²) in [5, 5.41) is 3.41. The smallest absolute Gasteiger partial charge is 0.0374 e. The van der Waals surface area contributed by atoms with Crippen molar-refractivity contribution in [2.75, 3.05) is 5.88 Å². The molecule has 0 saturated heterocycles. The van der Waals surface area contributed by atoms with Crippen LogP contribution in [0, 0.1) is 0 Å². The van der Waals surface area contributed by atoms with E-state index in [0.717, 1.165) is 6.54 Å². The predicted molar refractivity (Wildman–Crippen MR) is 65.5 cm³/mol. The van der Waals surface area contributed by atoms with E-state index in [-0.39, 0.29) is 0 Å². The lowest BCUT2D eigenvalue weighted by atomic mass is 10.1. The molecule has 0 aliphatic heterocycles. The van der Waals surface area contributed by atoms with Crippen LogP contribution in [0.25, 0.3) is 0 Å². The highest BCUT2D eigenvalue weighted by Gasteiger charge is 2.10. The van der Waals surface area contributed by atoms with Gasteiger partial charge >= 0.3 is 0 Å². The first-order valence-electron chi connectivity index (χ1n) is 5.69. The number of halogens is 1. The van der Waals surface area contributed by atoms with E-state index in [1.54, 1.807) is 11.1 Å². The highest BCUT2D eigenvalue weighted by Crippen LogP contribution is 2.22. The van der Waals surface area contributed by atoms with Crippen molar-refractivity contribution in [2.45, 2.75) is 38.8 Å². The summed E-state index contributed by atoms with van der Waals surface area (Å²) >= 11 is 5.75. The zero-order valence-corrected chi connectivity index (χ0v) is 9.98. The van der Waals surface area contributed by atoms with Crippen LogP contribution in [-0.2, 0) is 19.4 Å². The molecule has 1 aliphatic rings. The fourth-order valence-electron chi connectivity index (χ4n) is 2.08. The van der Waals surface area contributed by atoms with Gasteiger partial charge in [-0.2, -0.15) is 0 Å². The normalized spacial score (nSPS) is 16.4. The third kappa shape index (κ3) is 2.73. The molecule has 1 aliphatic carbocycles. The van der Waals surface area contributed by atoms with E-state index < -0.39 is 0 Å². The number of benzene rings is 1. The molecule has 15 heavy (non-hydrogen) atoms. The van der Waals surface area contributed by atoms with E-state index >= 15 is 0 Å². The quantitative estimate of drug-likeness (QED) is 0.775. The van der Waals surface area contributed by atoms with E-state index in [1.807, 2.05) is 0 Å². The topological polar surface area (TPSA) is 12.0 Å². The number of aryl methyl sites for hydroxylation is 2. The molecule has 0 aromatic heterocycles. The fraction of sp³-hybridized carbons (Fsp3) is 0.538. The van der Waals surface area contributed by atoms with Crippen LogP contribution in [0.15, 0.2) is 18.2 Å². The summed E-state index contributed by atoms with van der Waals surface area (Å²) in [5.41, 5.74) is 4.48. The predicted octanol–water partition coefficient (Wildman–Crippen LogP) is 2.89. The van der Waals surface area contributed by atoms with Crippen LogP contribution < -0.4 is 5.32 Å². The highest BCUT2D eigenvalue weighted by molar-refractivity contribution is 6.18. The lowest BCUT2D eigenvalue weighted by Gasteiger charge is -2.11. The van der Waals surface area contributed by atoms with Crippen LogP contribution in [0.3, 0.4) is 0 Å². The zero-order valence-electron chi connectivity index (χ0n) is 9.22. The van der Waals surface area contributed by atoms with E-state index in [1.165, 1.54) is 24.8 Å². The molecular weight excluding hydrogens is 206 g/mol. The molecule has 82 valence electrons. The Morgan fingerprint density at radius 1 is 1.33 bits per heavy atom. The summed E-state index contributed by atoms with van der Waals surface area (Å²) in [7, 11) is 0. The van der Waals surface area contributed by atoms with Gasteiger partial charge in [0, 0.05) is 18.5 Å². The Hall–Kier alpha value is -0.530. The largest absolute Gasteiger partial charge is 0.309 e. The molecule has 2 heteroatoms. The number of hydrogen-bond donors (Lipinski definition) is 1. The van der Waals surface area contributed by atoms with Crippen molar-refractivity contribution in [3.63, 3.8) is 0 Å². The summed E-state index contributed by atoms with van der Waals surface area (Å²) in [6, 6.07) is 7.25. The van der Waals surface area contributed by atoms with Gasteiger partial charge < -0.3 is 5.32 Å².